The van der Waals surface area contributed by atoms with E-state index in [2.05, 4.69) is 6.58 Å². The second-order valence-corrected chi connectivity index (χ2v) is 3.78. The third-order valence-electron chi connectivity index (χ3n) is 1.41. The molecule has 66 valence electrons. The predicted octanol–water partition coefficient (Wildman–Crippen LogP) is 0.317. The molecule has 0 aliphatic rings. The molecule has 0 saturated heterocycles. The molecular formula is C8H12O3Si. The zero-order chi connectivity index (χ0) is 9.72. The van der Waals surface area contributed by atoms with Crippen LogP contribution in [0.2, 0.25) is 6.55 Å². The standard InChI is InChI=1S/C8H12O3Si/c1-5(7(9)10)4-6(2)8(11)12-3/h4H,2,12H2,1,3H3,(H,9,10). The average Bonchev–Trinajstić information content (AvgIpc) is 2.02. The van der Waals surface area contributed by atoms with E-state index in [-0.39, 0.29) is 11.0 Å². The maximum absolute atomic E-state index is 11.0. The van der Waals surface area contributed by atoms with Gasteiger partial charge in [-0.05, 0) is 13.0 Å². The Morgan fingerprint density at radius 3 is 2.33 bits per heavy atom. The van der Waals surface area contributed by atoms with Crippen molar-refractivity contribution in [3.63, 3.8) is 0 Å². The predicted molar refractivity (Wildman–Crippen MR) is 49.9 cm³/mol. The molecular weight excluding hydrogens is 172 g/mol. The summed E-state index contributed by atoms with van der Waals surface area (Å²) in [5.74, 6) is -1.01. The van der Waals surface area contributed by atoms with E-state index in [1.165, 1.54) is 13.0 Å². The number of carbonyl (C=O) groups excluding carboxylic acids is 1. The fourth-order valence-corrected chi connectivity index (χ4v) is 1.19. The van der Waals surface area contributed by atoms with Crippen LogP contribution in [-0.4, -0.2) is 26.0 Å². The average molecular weight is 184 g/mol. The lowest BCUT2D eigenvalue weighted by Crippen LogP contribution is -2.07. The molecule has 0 rings (SSSR count). The Balaban J connectivity index is 4.44. The number of allylic oxidation sites excluding steroid dienone is 2. The van der Waals surface area contributed by atoms with Gasteiger partial charge in [-0.1, -0.05) is 13.1 Å². The Hall–Kier alpha value is -1.16. The van der Waals surface area contributed by atoms with Gasteiger partial charge in [0.25, 0.3) is 0 Å². The number of hydrogen-bond acceptors (Lipinski definition) is 2. The van der Waals surface area contributed by atoms with Gasteiger partial charge in [-0.2, -0.15) is 0 Å². The van der Waals surface area contributed by atoms with E-state index < -0.39 is 15.5 Å². The van der Waals surface area contributed by atoms with Crippen LogP contribution in [0.15, 0.2) is 23.8 Å². The number of carboxylic acid groups (broad SMARTS) is 1. The second-order valence-electron chi connectivity index (χ2n) is 2.43. The largest absolute Gasteiger partial charge is 0.478 e. The molecule has 4 heteroatoms. The Kier molecular flexibility index (Phi) is 4.21. The summed E-state index contributed by atoms with van der Waals surface area (Å²) in [5.41, 5.74) is 0.458. The van der Waals surface area contributed by atoms with Crippen molar-refractivity contribution >= 4 is 20.9 Å². The van der Waals surface area contributed by atoms with Crippen LogP contribution in [0.1, 0.15) is 6.92 Å². The summed E-state index contributed by atoms with van der Waals surface area (Å²) < 4.78 is 0. The quantitative estimate of drug-likeness (QED) is 0.389. The van der Waals surface area contributed by atoms with Crippen molar-refractivity contribution in [1.29, 1.82) is 0 Å². The highest BCUT2D eigenvalue weighted by Gasteiger charge is 2.04. The molecule has 0 bridgehead atoms. The van der Waals surface area contributed by atoms with Gasteiger partial charge in [0.2, 0.25) is 0 Å². The van der Waals surface area contributed by atoms with Crippen LogP contribution in [-0.2, 0) is 9.59 Å². The number of rotatable bonds is 4. The Labute approximate surface area is 73.6 Å². The van der Waals surface area contributed by atoms with Crippen LogP contribution >= 0.6 is 0 Å². The first-order chi connectivity index (χ1) is 5.49. The van der Waals surface area contributed by atoms with Gasteiger partial charge in [-0.15, -0.1) is 0 Å². The molecule has 0 aliphatic carbocycles. The molecule has 0 aromatic carbocycles. The van der Waals surface area contributed by atoms with Gasteiger partial charge >= 0.3 is 5.97 Å². The molecule has 0 aromatic heterocycles. The molecule has 0 amide bonds. The van der Waals surface area contributed by atoms with Crippen molar-refractivity contribution < 1.29 is 14.7 Å². The van der Waals surface area contributed by atoms with Gasteiger partial charge in [0.15, 0.2) is 0 Å². The highest BCUT2D eigenvalue weighted by atomic mass is 28.2. The van der Waals surface area contributed by atoms with Gasteiger partial charge in [0.1, 0.15) is 14.9 Å². The zero-order valence-corrected chi connectivity index (χ0v) is 8.67. The SMILES string of the molecule is C=C(C=C(C)C(=O)O)C(=O)[SiH2]C. The van der Waals surface area contributed by atoms with Gasteiger partial charge in [-0.25, -0.2) is 4.79 Å². The van der Waals surface area contributed by atoms with Gasteiger partial charge < -0.3 is 9.90 Å². The van der Waals surface area contributed by atoms with E-state index in [1.54, 1.807) is 0 Å². The first-order valence-corrected chi connectivity index (χ1v) is 5.74. The van der Waals surface area contributed by atoms with Crippen molar-refractivity contribution in [3.05, 3.63) is 23.8 Å². The first kappa shape index (κ1) is 10.8. The summed E-state index contributed by atoms with van der Waals surface area (Å²) in [7, 11) is -0.753. The molecule has 0 saturated carbocycles. The number of aliphatic carboxylic acids is 1. The zero-order valence-electron chi connectivity index (χ0n) is 7.26. The van der Waals surface area contributed by atoms with E-state index >= 15 is 0 Å². The topological polar surface area (TPSA) is 54.4 Å². The second kappa shape index (κ2) is 4.66. The van der Waals surface area contributed by atoms with E-state index in [1.807, 2.05) is 6.55 Å². The summed E-state index contributed by atoms with van der Waals surface area (Å²) in [5, 5.41) is 8.49. The monoisotopic (exact) mass is 184 g/mol. The Morgan fingerprint density at radius 1 is 1.50 bits per heavy atom. The van der Waals surface area contributed by atoms with Crippen molar-refractivity contribution in [1.82, 2.24) is 0 Å². The number of carbonyl (C=O) groups is 2. The molecule has 0 heterocycles. The maximum atomic E-state index is 11.0. The highest BCUT2D eigenvalue weighted by molar-refractivity contribution is 6.76. The lowest BCUT2D eigenvalue weighted by molar-refractivity contribution is -0.132. The van der Waals surface area contributed by atoms with Crippen molar-refractivity contribution in [2.24, 2.45) is 0 Å². The molecule has 3 nitrogen and oxygen atoms in total. The smallest absolute Gasteiger partial charge is 0.331 e. The summed E-state index contributed by atoms with van der Waals surface area (Å²) in [4.78, 5) is 21.3. The summed E-state index contributed by atoms with van der Waals surface area (Å²) in [6.07, 6.45) is 1.32. The minimum atomic E-state index is -1.01. The number of hydrogen-bond donors (Lipinski definition) is 1. The fraction of sp³-hybridized carbons (Fsp3) is 0.250. The number of carboxylic acids is 1. The normalized spacial score (nSPS) is 12.0. The van der Waals surface area contributed by atoms with Crippen LogP contribution in [0.25, 0.3) is 0 Å². The van der Waals surface area contributed by atoms with Gasteiger partial charge in [0, 0.05) is 11.1 Å². The van der Waals surface area contributed by atoms with Crippen LogP contribution in [0, 0.1) is 0 Å². The van der Waals surface area contributed by atoms with Crippen LogP contribution in [0.5, 0.6) is 0 Å². The van der Waals surface area contributed by atoms with E-state index in [4.69, 9.17) is 5.11 Å². The summed E-state index contributed by atoms with van der Waals surface area (Å²) in [6.45, 7) is 6.78. The molecule has 0 unspecified atom stereocenters. The molecule has 1 N–H and O–H groups in total. The lowest BCUT2D eigenvalue weighted by atomic mass is 10.2. The first-order valence-electron chi connectivity index (χ1n) is 3.62. The Morgan fingerprint density at radius 2 is 2.00 bits per heavy atom. The summed E-state index contributed by atoms with van der Waals surface area (Å²) in [6, 6.07) is 0. The molecule has 12 heavy (non-hydrogen) atoms. The van der Waals surface area contributed by atoms with Gasteiger partial charge in [-0.3, -0.25) is 0 Å². The minimum absolute atomic E-state index is 0.00981. The molecule has 0 spiro atoms. The van der Waals surface area contributed by atoms with Crippen molar-refractivity contribution in [2.75, 3.05) is 0 Å². The van der Waals surface area contributed by atoms with E-state index in [0.29, 0.717) is 5.57 Å². The fourth-order valence-electron chi connectivity index (χ4n) is 0.631. The molecule has 0 aliphatic heterocycles. The highest BCUT2D eigenvalue weighted by Crippen LogP contribution is 2.00. The van der Waals surface area contributed by atoms with Crippen LogP contribution in [0.4, 0.5) is 0 Å². The van der Waals surface area contributed by atoms with E-state index in [9.17, 15) is 9.59 Å². The van der Waals surface area contributed by atoms with Crippen molar-refractivity contribution in [2.45, 2.75) is 13.5 Å². The minimum Gasteiger partial charge on any atom is -0.478 e. The van der Waals surface area contributed by atoms with Crippen LogP contribution < -0.4 is 0 Å². The molecule has 0 atom stereocenters. The lowest BCUT2D eigenvalue weighted by Gasteiger charge is -1.96. The molecule has 0 fully saturated rings. The third-order valence-corrected chi connectivity index (χ3v) is 2.50. The van der Waals surface area contributed by atoms with Crippen LogP contribution in [0.3, 0.4) is 0 Å². The van der Waals surface area contributed by atoms with Gasteiger partial charge in [0.05, 0.1) is 0 Å². The molecule has 0 aromatic rings. The van der Waals surface area contributed by atoms with E-state index in [0.717, 1.165) is 0 Å². The molecule has 0 radical (unpaired) electrons. The van der Waals surface area contributed by atoms with Crippen molar-refractivity contribution in [3.8, 4) is 0 Å². The maximum Gasteiger partial charge on any atom is 0.331 e. The Bertz CT molecular complexity index is 253. The third kappa shape index (κ3) is 3.29. The summed E-state index contributed by atoms with van der Waals surface area (Å²) >= 11 is 0.